The number of hydroxylamine groups is 1. The van der Waals surface area contributed by atoms with E-state index >= 15 is 0 Å². The summed E-state index contributed by atoms with van der Waals surface area (Å²) in [5, 5.41) is 0. The lowest BCUT2D eigenvalue weighted by Gasteiger charge is -2.15. The molecule has 0 aliphatic carbocycles. The Morgan fingerprint density at radius 3 is 2.60 bits per heavy atom. The third-order valence-electron chi connectivity index (χ3n) is 2.92. The Labute approximate surface area is 116 Å². The number of hydrogen-bond donors (Lipinski definition) is 1. The number of rotatable bonds is 6. The Hall–Kier alpha value is -1.56. The molecular formula is C14H18F3NO2. The Kier molecular flexibility index (Phi) is 6.01. The number of benzene rings is 1. The highest BCUT2D eigenvalue weighted by Crippen LogP contribution is 2.30. The van der Waals surface area contributed by atoms with E-state index < -0.39 is 17.7 Å². The molecule has 0 heterocycles. The fraction of sp³-hybridized carbons (Fsp3) is 0.500. The second kappa shape index (κ2) is 7.28. The fourth-order valence-electron chi connectivity index (χ4n) is 1.81. The smallest absolute Gasteiger partial charge is 0.274 e. The number of amides is 1. The van der Waals surface area contributed by atoms with Gasteiger partial charge in [0, 0.05) is 5.92 Å². The summed E-state index contributed by atoms with van der Waals surface area (Å²) in [6.45, 7) is 3.88. The molecule has 0 radical (unpaired) electrons. The van der Waals surface area contributed by atoms with E-state index in [0.717, 1.165) is 12.1 Å². The van der Waals surface area contributed by atoms with Crippen LogP contribution in [0.25, 0.3) is 0 Å². The molecule has 1 N–H and O–H groups in total. The monoisotopic (exact) mass is 289 g/mol. The normalized spacial score (nSPS) is 13.1. The molecule has 1 rings (SSSR count). The number of hydrogen-bond acceptors (Lipinski definition) is 2. The highest BCUT2D eigenvalue weighted by molar-refractivity contribution is 5.77. The fourth-order valence-corrected chi connectivity index (χ4v) is 1.81. The molecule has 0 aromatic heterocycles. The topological polar surface area (TPSA) is 38.3 Å². The largest absolute Gasteiger partial charge is 0.416 e. The number of nitrogens with one attached hydrogen (secondary N) is 1. The second-order valence-electron chi connectivity index (χ2n) is 4.41. The molecule has 1 aromatic carbocycles. The molecule has 20 heavy (non-hydrogen) atoms. The average Bonchev–Trinajstić information content (AvgIpc) is 2.41. The van der Waals surface area contributed by atoms with Gasteiger partial charge in [0.2, 0.25) is 5.91 Å². The summed E-state index contributed by atoms with van der Waals surface area (Å²) in [5.41, 5.74) is 2.07. The maximum Gasteiger partial charge on any atom is 0.416 e. The minimum Gasteiger partial charge on any atom is -0.274 e. The summed E-state index contributed by atoms with van der Waals surface area (Å²) in [7, 11) is 0. The van der Waals surface area contributed by atoms with E-state index in [1.165, 1.54) is 6.07 Å². The van der Waals surface area contributed by atoms with Crippen LogP contribution < -0.4 is 5.48 Å². The molecule has 1 amide bonds. The van der Waals surface area contributed by atoms with Gasteiger partial charge in [0.1, 0.15) is 0 Å². The Bertz CT molecular complexity index is 446. The lowest BCUT2D eigenvalue weighted by Crippen LogP contribution is -2.31. The van der Waals surface area contributed by atoms with E-state index in [1.807, 2.05) is 6.92 Å². The zero-order chi connectivity index (χ0) is 15.2. The molecular weight excluding hydrogens is 271 g/mol. The van der Waals surface area contributed by atoms with Gasteiger partial charge in [-0.1, -0.05) is 25.1 Å². The molecule has 0 spiro atoms. The van der Waals surface area contributed by atoms with Gasteiger partial charge < -0.3 is 0 Å². The van der Waals surface area contributed by atoms with Crippen LogP contribution in [0, 0.1) is 5.92 Å². The minimum absolute atomic E-state index is 0.249. The van der Waals surface area contributed by atoms with Crippen LogP contribution in [0.4, 0.5) is 13.2 Å². The lowest BCUT2D eigenvalue weighted by molar-refractivity contribution is -0.137. The highest BCUT2D eigenvalue weighted by atomic mass is 19.4. The highest BCUT2D eigenvalue weighted by Gasteiger charge is 2.30. The van der Waals surface area contributed by atoms with Crippen LogP contribution in [0.3, 0.4) is 0 Å². The van der Waals surface area contributed by atoms with E-state index in [0.29, 0.717) is 18.6 Å². The van der Waals surface area contributed by atoms with Crippen molar-refractivity contribution in [1.82, 2.24) is 5.48 Å². The van der Waals surface area contributed by atoms with Crippen molar-refractivity contribution >= 4 is 5.91 Å². The van der Waals surface area contributed by atoms with Gasteiger partial charge in [-0.3, -0.25) is 9.63 Å². The predicted octanol–water partition coefficient (Wildman–Crippen LogP) is 3.34. The number of carbonyl (C=O) groups is 1. The van der Waals surface area contributed by atoms with Gasteiger partial charge in [0.25, 0.3) is 0 Å². The first-order valence-corrected chi connectivity index (χ1v) is 6.46. The first-order valence-electron chi connectivity index (χ1n) is 6.46. The van der Waals surface area contributed by atoms with E-state index in [4.69, 9.17) is 4.84 Å². The summed E-state index contributed by atoms with van der Waals surface area (Å²) in [4.78, 5) is 16.6. The molecule has 1 atom stereocenters. The SMILES string of the molecule is CCONC(=O)C(CC)Cc1cccc(C(F)(F)F)c1. The molecule has 0 saturated carbocycles. The molecule has 6 heteroatoms. The number of alkyl halides is 3. The van der Waals surface area contributed by atoms with Gasteiger partial charge in [-0.25, -0.2) is 5.48 Å². The van der Waals surface area contributed by atoms with Gasteiger partial charge in [-0.05, 0) is 31.4 Å². The zero-order valence-electron chi connectivity index (χ0n) is 11.5. The van der Waals surface area contributed by atoms with E-state index in [2.05, 4.69) is 5.48 Å². The van der Waals surface area contributed by atoms with E-state index in [-0.39, 0.29) is 12.3 Å². The zero-order valence-corrected chi connectivity index (χ0v) is 11.5. The van der Waals surface area contributed by atoms with Crippen molar-refractivity contribution in [1.29, 1.82) is 0 Å². The quantitative estimate of drug-likeness (QED) is 0.816. The molecule has 0 bridgehead atoms. The first kappa shape index (κ1) is 16.5. The number of halogens is 3. The van der Waals surface area contributed by atoms with E-state index in [9.17, 15) is 18.0 Å². The molecule has 112 valence electrons. The molecule has 0 fully saturated rings. The van der Waals surface area contributed by atoms with Crippen molar-refractivity contribution in [3.8, 4) is 0 Å². The van der Waals surface area contributed by atoms with Gasteiger partial charge in [0.05, 0.1) is 12.2 Å². The summed E-state index contributed by atoms with van der Waals surface area (Å²) in [5.74, 6) is -0.725. The lowest BCUT2D eigenvalue weighted by atomic mass is 9.95. The van der Waals surface area contributed by atoms with Crippen LogP contribution in [-0.2, 0) is 22.2 Å². The Balaban J connectivity index is 2.77. The third-order valence-corrected chi connectivity index (χ3v) is 2.92. The van der Waals surface area contributed by atoms with Crippen LogP contribution in [0.15, 0.2) is 24.3 Å². The molecule has 0 saturated heterocycles. The van der Waals surface area contributed by atoms with E-state index in [1.54, 1.807) is 13.0 Å². The summed E-state index contributed by atoms with van der Waals surface area (Å²) in [6.07, 6.45) is -3.60. The summed E-state index contributed by atoms with van der Waals surface area (Å²) in [6, 6.07) is 5.04. The van der Waals surface area contributed by atoms with Crippen LogP contribution in [0.5, 0.6) is 0 Å². The van der Waals surface area contributed by atoms with Crippen molar-refractivity contribution in [3.05, 3.63) is 35.4 Å². The van der Waals surface area contributed by atoms with Gasteiger partial charge in [-0.2, -0.15) is 13.2 Å². The molecule has 3 nitrogen and oxygen atoms in total. The average molecular weight is 289 g/mol. The van der Waals surface area contributed by atoms with Crippen LogP contribution in [0.2, 0.25) is 0 Å². The van der Waals surface area contributed by atoms with Crippen molar-refractivity contribution < 1.29 is 22.8 Å². The summed E-state index contributed by atoms with van der Waals surface area (Å²) >= 11 is 0. The predicted molar refractivity (Wildman–Crippen MR) is 68.7 cm³/mol. The Morgan fingerprint density at radius 2 is 2.05 bits per heavy atom. The first-order chi connectivity index (χ1) is 9.38. The maximum atomic E-state index is 12.6. The molecule has 1 unspecified atom stereocenters. The van der Waals surface area contributed by atoms with Crippen molar-refractivity contribution in [2.75, 3.05) is 6.61 Å². The number of carbonyl (C=O) groups excluding carboxylic acids is 1. The van der Waals surface area contributed by atoms with Gasteiger partial charge >= 0.3 is 6.18 Å². The minimum atomic E-state index is -4.37. The Morgan fingerprint density at radius 1 is 1.35 bits per heavy atom. The van der Waals surface area contributed by atoms with Crippen LogP contribution in [0.1, 0.15) is 31.4 Å². The second-order valence-corrected chi connectivity index (χ2v) is 4.41. The van der Waals surface area contributed by atoms with Crippen molar-refractivity contribution in [2.24, 2.45) is 5.92 Å². The third kappa shape index (κ3) is 4.85. The summed E-state index contributed by atoms with van der Waals surface area (Å²) < 4.78 is 37.8. The molecule has 0 aliphatic heterocycles. The van der Waals surface area contributed by atoms with Crippen LogP contribution >= 0.6 is 0 Å². The van der Waals surface area contributed by atoms with Gasteiger partial charge in [-0.15, -0.1) is 0 Å². The van der Waals surface area contributed by atoms with Crippen molar-refractivity contribution in [3.63, 3.8) is 0 Å². The van der Waals surface area contributed by atoms with Crippen molar-refractivity contribution in [2.45, 2.75) is 32.9 Å². The molecule has 1 aromatic rings. The molecule has 0 aliphatic rings. The van der Waals surface area contributed by atoms with Gasteiger partial charge in [0.15, 0.2) is 0 Å². The maximum absolute atomic E-state index is 12.6. The standard InChI is InChI=1S/C14H18F3NO2/c1-3-11(13(19)18-20-4-2)8-10-6-5-7-12(9-10)14(15,16)17/h5-7,9,11H,3-4,8H2,1-2H3,(H,18,19). The van der Waals surface area contributed by atoms with Crippen LogP contribution in [-0.4, -0.2) is 12.5 Å².